The first-order chi connectivity index (χ1) is 5.18. The van der Waals surface area contributed by atoms with Crippen molar-refractivity contribution in [1.82, 2.24) is 0 Å². The highest BCUT2D eigenvalue weighted by atomic mass is 16.4. The minimum absolute atomic E-state index is 0.560. The largest absolute Gasteiger partial charge is 0.478 e. The predicted molar refractivity (Wildman–Crippen MR) is 40.1 cm³/mol. The molecule has 0 aromatic carbocycles. The van der Waals surface area contributed by atoms with E-state index in [-0.39, 0.29) is 0 Å². The zero-order valence-electron chi connectivity index (χ0n) is 6.07. The molecule has 1 aromatic rings. The summed E-state index contributed by atoms with van der Waals surface area (Å²) in [4.78, 5) is 10.1. The van der Waals surface area contributed by atoms with Crippen LogP contribution in [0.25, 0.3) is 6.08 Å². The standard InChI is InChI=1S/C8H8O3/c1-6-2-3-7(11-6)4-5-8(9)10/h2-5H,1H3,(H,9,10)/b5-4+. The van der Waals surface area contributed by atoms with E-state index in [0.29, 0.717) is 5.76 Å². The molecule has 0 aliphatic rings. The summed E-state index contributed by atoms with van der Waals surface area (Å²) in [6.07, 6.45) is 2.45. The fraction of sp³-hybridized carbons (Fsp3) is 0.125. The number of hydrogen-bond acceptors (Lipinski definition) is 2. The minimum Gasteiger partial charge on any atom is -0.478 e. The van der Waals surface area contributed by atoms with Crippen LogP contribution in [0.15, 0.2) is 22.6 Å². The molecule has 0 aliphatic carbocycles. The Morgan fingerprint density at radius 1 is 1.64 bits per heavy atom. The van der Waals surface area contributed by atoms with E-state index in [9.17, 15) is 4.79 Å². The first-order valence-corrected chi connectivity index (χ1v) is 3.16. The molecule has 0 saturated heterocycles. The van der Waals surface area contributed by atoms with E-state index < -0.39 is 5.97 Å². The van der Waals surface area contributed by atoms with Crippen LogP contribution in [0.5, 0.6) is 0 Å². The summed E-state index contributed by atoms with van der Waals surface area (Å²) in [6.45, 7) is 1.80. The zero-order valence-corrected chi connectivity index (χ0v) is 6.07. The van der Waals surface area contributed by atoms with Gasteiger partial charge in [-0.2, -0.15) is 0 Å². The fourth-order valence-corrected chi connectivity index (χ4v) is 0.696. The fourth-order valence-electron chi connectivity index (χ4n) is 0.696. The molecule has 1 heterocycles. The van der Waals surface area contributed by atoms with E-state index in [1.807, 2.05) is 0 Å². The molecule has 11 heavy (non-hydrogen) atoms. The molecule has 0 fully saturated rings. The lowest BCUT2D eigenvalue weighted by atomic mass is 10.4. The van der Waals surface area contributed by atoms with E-state index in [1.54, 1.807) is 19.1 Å². The molecule has 1 rings (SSSR count). The van der Waals surface area contributed by atoms with Gasteiger partial charge in [-0.3, -0.25) is 0 Å². The van der Waals surface area contributed by atoms with Crippen molar-refractivity contribution >= 4 is 12.0 Å². The van der Waals surface area contributed by atoms with Crippen LogP contribution in [0.4, 0.5) is 0 Å². The van der Waals surface area contributed by atoms with Crippen molar-refractivity contribution in [2.75, 3.05) is 0 Å². The van der Waals surface area contributed by atoms with E-state index in [2.05, 4.69) is 0 Å². The molecule has 0 aliphatic heterocycles. The second-order valence-corrected chi connectivity index (χ2v) is 2.12. The third kappa shape index (κ3) is 2.29. The number of carboxylic acids is 1. The summed E-state index contributed by atoms with van der Waals surface area (Å²) in [6, 6.07) is 3.50. The molecule has 1 N–H and O–H groups in total. The SMILES string of the molecule is Cc1ccc(/C=C/C(=O)O)o1. The smallest absolute Gasteiger partial charge is 0.328 e. The summed E-state index contributed by atoms with van der Waals surface area (Å²) < 4.78 is 5.08. The molecule has 0 unspecified atom stereocenters. The molecule has 1 aromatic heterocycles. The van der Waals surface area contributed by atoms with Crippen molar-refractivity contribution in [3.05, 3.63) is 29.7 Å². The second kappa shape index (κ2) is 3.05. The van der Waals surface area contributed by atoms with Crippen LogP contribution in [0, 0.1) is 6.92 Å². The average Bonchev–Trinajstić information content (AvgIpc) is 2.31. The predicted octanol–water partition coefficient (Wildman–Crippen LogP) is 1.69. The van der Waals surface area contributed by atoms with Gasteiger partial charge in [0, 0.05) is 6.08 Å². The van der Waals surface area contributed by atoms with Gasteiger partial charge < -0.3 is 9.52 Å². The Labute approximate surface area is 64.0 Å². The molecule has 58 valence electrons. The van der Waals surface area contributed by atoms with Crippen LogP contribution in [-0.2, 0) is 4.79 Å². The normalized spacial score (nSPS) is 10.6. The van der Waals surface area contributed by atoms with Crippen LogP contribution < -0.4 is 0 Å². The van der Waals surface area contributed by atoms with Gasteiger partial charge in [-0.05, 0) is 25.1 Å². The Morgan fingerprint density at radius 3 is 2.82 bits per heavy atom. The monoisotopic (exact) mass is 152 g/mol. The third-order valence-corrected chi connectivity index (χ3v) is 1.15. The lowest BCUT2D eigenvalue weighted by Gasteiger charge is -1.82. The maximum Gasteiger partial charge on any atom is 0.328 e. The first kappa shape index (κ1) is 7.60. The topological polar surface area (TPSA) is 50.4 Å². The quantitative estimate of drug-likeness (QED) is 0.656. The molecule has 0 atom stereocenters. The van der Waals surface area contributed by atoms with E-state index in [1.165, 1.54) is 6.08 Å². The van der Waals surface area contributed by atoms with Crippen LogP contribution in [0.2, 0.25) is 0 Å². The number of furan rings is 1. The van der Waals surface area contributed by atoms with Crippen molar-refractivity contribution < 1.29 is 14.3 Å². The van der Waals surface area contributed by atoms with E-state index >= 15 is 0 Å². The zero-order chi connectivity index (χ0) is 8.27. The molecular formula is C8H8O3. The van der Waals surface area contributed by atoms with Crippen molar-refractivity contribution in [1.29, 1.82) is 0 Å². The molecule has 0 amide bonds. The molecule has 3 nitrogen and oxygen atoms in total. The van der Waals surface area contributed by atoms with Gasteiger partial charge in [0.25, 0.3) is 0 Å². The summed E-state index contributed by atoms with van der Waals surface area (Å²) in [5.74, 6) is 0.360. The molecule has 0 bridgehead atoms. The number of hydrogen-bond donors (Lipinski definition) is 1. The Bertz CT molecular complexity index is 283. The second-order valence-electron chi connectivity index (χ2n) is 2.12. The lowest BCUT2D eigenvalue weighted by Crippen LogP contribution is -1.84. The van der Waals surface area contributed by atoms with Gasteiger partial charge in [0.1, 0.15) is 11.5 Å². The minimum atomic E-state index is -0.973. The summed E-state index contributed by atoms with van der Waals surface area (Å²) in [5, 5.41) is 8.25. The molecular weight excluding hydrogens is 144 g/mol. The van der Waals surface area contributed by atoms with Crippen LogP contribution in [-0.4, -0.2) is 11.1 Å². The number of carboxylic acid groups (broad SMARTS) is 1. The van der Waals surface area contributed by atoms with Gasteiger partial charge in [-0.25, -0.2) is 4.79 Å². The maximum atomic E-state index is 10.1. The van der Waals surface area contributed by atoms with Crippen molar-refractivity contribution in [2.24, 2.45) is 0 Å². The van der Waals surface area contributed by atoms with Gasteiger partial charge in [-0.1, -0.05) is 0 Å². The third-order valence-electron chi connectivity index (χ3n) is 1.15. The van der Waals surface area contributed by atoms with Gasteiger partial charge in [0.15, 0.2) is 0 Å². The summed E-state index contributed by atoms with van der Waals surface area (Å²) in [5.41, 5.74) is 0. The number of carbonyl (C=O) groups is 1. The van der Waals surface area contributed by atoms with Crippen molar-refractivity contribution in [2.45, 2.75) is 6.92 Å². The Morgan fingerprint density at radius 2 is 2.36 bits per heavy atom. The molecule has 0 radical (unpaired) electrons. The Balaban J connectivity index is 2.71. The summed E-state index contributed by atoms with van der Waals surface area (Å²) >= 11 is 0. The number of aliphatic carboxylic acids is 1. The maximum absolute atomic E-state index is 10.1. The number of rotatable bonds is 2. The Hall–Kier alpha value is -1.51. The highest BCUT2D eigenvalue weighted by Gasteiger charge is 1.93. The Kier molecular flexibility index (Phi) is 2.11. The highest BCUT2D eigenvalue weighted by molar-refractivity contribution is 5.84. The molecule has 0 spiro atoms. The highest BCUT2D eigenvalue weighted by Crippen LogP contribution is 2.07. The van der Waals surface area contributed by atoms with Gasteiger partial charge in [-0.15, -0.1) is 0 Å². The average molecular weight is 152 g/mol. The van der Waals surface area contributed by atoms with Crippen LogP contribution in [0.3, 0.4) is 0 Å². The van der Waals surface area contributed by atoms with Crippen LogP contribution in [0.1, 0.15) is 11.5 Å². The molecule has 0 saturated carbocycles. The van der Waals surface area contributed by atoms with Gasteiger partial charge in [0.2, 0.25) is 0 Å². The van der Waals surface area contributed by atoms with Crippen molar-refractivity contribution in [3.8, 4) is 0 Å². The number of aryl methyl sites for hydroxylation is 1. The van der Waals surface area contributed by atoms with E-state index in [4.69, 9.17) is 9.52 Å². The van der Waals surface area contributed by atoms with Crippen LogP contribution >= 0.6 is 0 Å². The van der Waals surface area contributed by atoms with E-state index in [0.717, 1.165) is 11.8 Å². The summed E-state index contributed by atoms with van der Waals surface area (Å²) in [7, 11) is 0. The first-order valence-electron chi connectivity index (χ1n) is 3.16. The van der Waals surface area contributed by atoms with Crippen molar-refractivity contribution in [3.63, 3.8) is 0 Å². The molecule has 3 heteroatoms. The van der Waals surface area contributed by atoms with Gasteiger partial charge in [0.05, 0.1) is 0 Å². The van der Waals surface area contributed by atoms with Gasteiger partial charge >= 0.3 is 5.97 Å². The lowest BCUT2D eigenvalue weighted by molar-refractivity contribution is -0.131.